The number of ether oxygens (including phenoxy) is 1. The van der Waals surface area contributed by atoms with Gasteiger partial charge in [0.1, 0.15) is 0 Å². The van der Waals surface area contributed by atoms with E-state index in [4.69, 9.17) is 4.74 Å². The number of nitrogens with one attached hydrogen (secondary N) is 1. The molecule has 0 atom stereocenters. The van der Waals surface area contributed by atoms with E-state index in [2.05, 4.69) is 36.7 Å². The molecule has 0 aliphatic carbocycles. The number of pyridine rings is 1. The molecule has 1 aliphatic rings. The number of aromatic nitrogens is 4. The van der Waals surface area contributed by atoms with Crippen molar-refractivity contribution < 1.29 is 4.74 Å². The zero-order chi connectivity index (χ0) is 18.9. The predicted octanol–water partition coefficient (Wildman–Crippen LogP) is 2.87. The first-order valence-electron chi connectivity index (χ1n) is 8.96. The van der Waals surface area contributed by atoms with Gasteiger partial charge < -0.3 is 15.0 Å². The maximum absolute atomic E-state index is 5.43. The summed E-state index contributed by atoms with van der Waals surface area (Å²) in [6.07, 6.45) is 11.3. The van der Waals surface area contributed by atoms with Crippen LogP contribution < -0.4 is 10.2 Å². The number of hydrogen-bond acceptors (Lipinski definition) is 7. The topological polar surface area (TPSA) is 76.1 Å². The van der Waals surface area contributed by atoms with Gasteiger partial charge in [-0.3, -0.25) is 4.98 Å². The van der Waals surface area contributed by atoms with Crippen LogP contribution in [0.4, 0.5) is 11.9 Å². The minimum atomic E-state index is 0.519. The Kier molecular flexibility index (Phi) is 6.65. The Hall–Kier alpha value is -3.06. The molecular formula is C20H24N6O. The van der Waals surface area contributed by atoms with Crippen LogP contribution in [0.1, 0.15) is 6.92 Å². The van der Waals surface area contributed by atoms with Gasteiger partial charge in [-0.15, -0.1) is 0 Å². The molecule has 0 aromatic carbocycles. The third-order valence-corrected chi connectivity index (χ3v) is 3.95. The monoisotopic (exact) mass is 364 g/mol. The molecule has 0 unspecified atom stereocenters. The summed E-state index contributed by atoms with van der Waals surface area (Å²) in [7, 11) is 0. The first-order chi connectivity index (χ1) is 13.3. The molecule has 2 aromatic heterocycles. The average Bonchev–Trinajstić information content (AvgIpc) is 2.73. The SMILES string of the molecule is C=C(/C=C\C=C/C)CNc1nc(-c2cccnc2)nc(N2CCOCC2)n1. The Morgan fingerprint density at radius 1 is 1.26 bits per heavy atom. The van der Waals surface area contributed by atoms with E-state index in [1.807, 2.05) is 43.4 Å². The highest BCUT2D eigenvalue weighted by Gasteiger charge is 2.17. The Balaban J connectivity index is 1.82. The molecule has 27 heavy (non-hydrogen) atoms. The molecule has 1 saturated heterocycles. The lowest BCUT2D eigenvalue weighted by Gasteiger charge is -2.27. The van der Waals surface area contributed by atoms with E-state index < -0.39 is 0 Å². The summed E-state index contributed by atoms with van der Waals surface area (Å²) in [4.78, 5) is 20.1. The van der Waals surface area contributed by atoms with Gasteiger partial charge in [-0.05, 0) is 24.6 Å². The average molecular weight is 364 g/mol. The standard InChI is InChI=1S/C20H24N6O/c1-3-4-5-7-16(2)14-22-19-23-18(17-8-6-9-21-15-17)24-20(25-19)26-10-12-27-13-11-26/h3-9,15H,2,10-14H2,1H3,(H,22,23,24,25)/b4-3-,7-5-. The lowest BCUT2D eigenvalue weighted by atomic mass is 10.2. The smallest absolute Gasteiger partial charge is 0.230 e. The Morgan fingerprint density at radius 2 is 2.11 bits per heavy atom. The summed E-state index contributed by atoms with van der Waals surface area (Å²) in [5, 5.41) is 3.25. The number of hydrogen-bond donors (Lipinski definition) is 1. The first kappa shape index (κ1) is 18.7. The molecule has 0 radical (unpaired) electrons. The van der Waals surface area contributed by atoms with Gasteiger partial charge in [-0.2, -0.15) is 15.0 Å². The van der Waals surface area contributed by atoms with E-state index >= 15 is 0 Å². The summed E-state index contributed by atoms with van der Waals surface area (Å²) in [5.41, 5.74) is 1.79. The summed E-state index contributed by atoms with van der Waals surface area (Å²) < 4.78 is 5.43. The van der Waals surface area contributed by atoms with Crippen molar-refractivity contribution in [2.24, 2.45) is 0 Å². The summed E-state index contributed by atoms with van der Waals surface area (Å²) >= 11 is 0. The van der Waals surface area contributed by atoms with Gasteiger partial charge in [0.2, 0.25) is 11.9 Å². The van der Waals surface area contributed by atoms with Crippen molar-refractivity contribution >= 4 is 11.9 Å². The highest BCUT2D eigenvalue weighted by molar-refractivity contribution is 5.57. The van der Waals surface area contributed by atoms with Gasteiger partial charge in [-0.25, -0.2) is 0 Å². The van der Waals surface area contributed by atoms with Gasteiger partial charge in [-0.1, -0.05) is 30.9 Å². The Bertz CT molecular complexity index is 812. The third-order valence-electron chi connectivity index (χ3n) is 3.95. The van der Waals surface area contributed by atoms with E-state index in [9.17, 15) is 0 Å². The van der Waals surface area contributed by atoms with E-state index in [0.717, 1.165) is 24.2 Å². The fourth-order valence-electron chi connectivity index (χ4n) is 2.53. The normalized spacial score (nSPS) is 14.8. The lowest BCUT2D eigenvalue weighted by molar-refractivity contribution is 0.122. The van der Waals surface area contributed by atoms with Crippen LogP contribution in [-0.4, -0.2) is 52.8 Å². The Labute approximate surface area is 159 Å². The molecule has 1 aliphatic heterocycles. The van der Waals surface area contributed by atoms with Gasteiger partial charge in [0.05, 0.1) is 13.2 Å². The molecule has 140 valence electrons. The molecule has 0 amide bonds. The molecule has 3 rings (SSSR count). The minimum Gasteiger partial charge on any atom is -0.378 e. The number of morpholine rings is 1. The van der Waals surface area contributed by atoms with Crippen LogP contribution in [0.3, 0.4) is 0 Å². The molecule has 3 heterocycles. The highest BCUT2D eigenvalue weighted by atomic mass is 16.5. The van der Waals surface area contributed by atoms with Crippen molar-refractivity contribution in [3.8, 4) is 11.4 Å². The molecule has 2 aromatic rings. The second kappa shape index (κ2) is 9.59. The molecule has 0 bridgehead atoms. The zero-order valence-corrected chi connectivity index (χ0v) is 15.5. The molecule has 1 N–H and O–H groups in total. The highest BCUT2D eigenvalue weighted by Crippen LogP contribution is 2.19. The number of nitrogens with zero attached hydrogens (tertiary/aromatic N) is 5. The van der Waals surface area contributed by atoms with Gasteiger partial charge in [0, 0.05) is 37.6 Å². The summed E-state index contributed by atoms with van der Waals surface area (Å²) in [5.74, 6) is 1.76. The summed E-state index contributed by atoms with van der Waals surface area (Å²) in [6.45, 7) is 9.42. The van der Waals surface area contributed by atoms with Crippen LogP contribution in [0.15, 0.2) is 61.0 Å². The van der Waals surface area contributed by atoms with Crippen LogP contribution in [0.2, 0.25) is 0 Å². The fraction of sp³-hybridized carbons (Fsp3) is 0.300. The van der Waals surface area contributed by atoms with E-state index in [0.29, 0.717) is 37.5 Å². The van der Waals surface area contributed by atoms with Crippen LogP contribution in [-0.2, 0) is 4.74 Å². The van der Waals surface area contributed by atoms with Crippen LogP contribution in [0, 0.1) is 0 Å². The lowest BCUT2D eigenvalue weighted by Crippen LogP contribution is -2.37. The van der Waals surface area contributed by atoms with Crippen molar-refractivity contribution in [2.45, 2.75) is 6.92 Å². The van der Waals surface area contributed by atoms with Crippen LogP contribution in [0.25, 0.3) is 11.4 Å². The molecule has 7 heteroatoms. The van der Waals surface area contributed by atoms with Gasteiger partial charge >= 0.3 is 0 Å². The maximum Gasteiger partial charge on any atom is 0.230 e. The summed E-state index contributed by atoms with van der Waals surface area (Å²) in [6, 6.07) is 3.81. The zero-order valence-electron chi connectivity index (χ0n) is 15.5. The number of rotatable bonds is 7. The number of allylic oxidation sites excluding steroid dienone is 3. The maximum atomic E-state index is 5.43. The van der Waals surface area contributed by atoms with E-state index in [1.165, 1.54) is 0 Å². The van der Waals surface area contributed by atoms with Crippen molar-refractivity contribution in [2.75, 3.05) is 43.1 Å². The quantitative estimate of drug-likeness (QED) is 0.757. The van der Waals surface area contributed by atoms with Gasteiger partial charge in [0.25, 0.3) is 0 Å². The second-order valence-corrected chi connectivity index (χ2v) is 6.02. The molecule has 1 fully saturated rings. The van der Waals surface area contributed by atoms with Gasteiger partial charge in [0.15, 0.2) is 5.82 Å². The molecule has 0 saturated carbocycles. The second-order valence-electron chi connectivity index (χ2n) is 6.02. The van der Waals surface area contributed by atoms with Crippen molar-refractivity contribution in [1.82, 2.24) is 19.9 Å². The molecular weight excluding hydrogens is 340 g/mol. The first-order valence-corrected chi connectivity index (χ1v) is 8.96. The van der Waals surface area contributed by atoms with Crippen molar-refractivity contribution in [1.29, 1.82) is 0 Å². The third kappa shape index (κ3) is 5.46. The van der Waals surface area contributed by atoms with E-state index in [-0.39, 0.29) is 0 Å². The molecule has 7 nitrogen and oxygen atoms in total. The van der Waals surface area contributed by atoms with Crippen LogP contribution >= 0.6 is 0 Å². The fourth-order valence-corrected chi connectivity index (χ4v) is 2.53. The number of anilines is 2. The minimum absolute atomic E-state index is 0.519. The molecule has 0 spiro atoms. The largest absolute Gasteiger partial charge is 0.378 e. The van der Waals surface area contributed by atoms with Crippen molar-refractivity contribution in [3.63, 3.8) is 0 Å². The predicted molar refractivity (Wildman–Crippen MR) is 108 cm³/mol. The van der Waals surface area contributed by atoms with E-state index in [1.54, 1.807) is 12.4 Å². The van der Waals surface area contributed by atoms with Crippen molar-refractivity contribution in [3.05, 3.63) is 61.0 Å². The van der Waals surface area contributed by atoms with Crippen LogP contribution in [0.5, 0.6) is 0 Å². The Morgan fingerprint density at radius 3 is 2.85 bits per heavy atom.